The van der Waals surface area contributed by atoms with Crippen LogP contribution in [0.15, 0.2) is 29.6 Å². The summed E-state index contributed by atoms with van der Waals surface area (Å²) in [5.41, 5.74) is -0.653. The van der Waals surface area contributed by atoms with E-state index in [4.69, 9.17) is 28.9 Å². The lowest BCUT2D eigenvalue weighted by atomic mass is 10.0. The van der Waals surface area contributed by atoms with Crippen LogP contribution in [-0.4, -0.2) is 93.9 Å². The van der Waals surface area contributed by atoms with E-state index in [9.17, 15) is 24.3 Å². The summed E-state index contributed by atoms with van der Waals surface area (Å²) in [5, 5.41) is 17.7. The predicted molar refractivity (Wildman–Crippen MR) is 193 cm³/mol. The molecule has 3 aromatic rings. The molecule has 3 aliphatic rings. The van der Waals surface area contributed by atoms with Crippen LogP contribution in [0.3, 0.4) is 0 Å². The molecule has 1 saturated carbocycles. The highest BCUT2D eigenvalue weighted by Crippen LogP contribution is 2.48. The molecule has 2 aromatic heterocycles. The molecular weight excluding hydrogens is 691 g/mol. The molecule has 0 bridgehead atoms. The van der Waals surface area contributed by atoms with Gasteiger partial charge in [-0.2, -0.15) is 0 Å². The van der Waals surface area contributed by atoms with E-state index >= 15 is 0 Å². The second-order valence-corrected chi connectivity index (χ2v) is 15.7. The van der Waals surface area contributed by atoms with Crippen LogP contribution in [0, 0.1) is 5.92 Å². The Morgan fingerprint density at radius 1 is 1.02 bits per heavy atom. The van der Waals surface area contributed by atoms with E-state index < -0.39 is 53.2 Å². The fraction of sp³-hybridized carbons (Fsp3) is 0.568. The highest BCUT2D eigenvalue weighted by molar-refractivity contribution is 7.13. The maximum atomic E-state index is 14.4. The van der Waals surface area contributed by atoms with E-state index in [1.807, 2.05) is 17.5 Å². The Hall–Kier alpha value is -4.66. The maximum Gasteiger partial charge on any atom is 0.408 e. The normalized spacial score (nSPS) is 25.5. The number of nitrogens with one attached hydrogen (secondary N) is 2. The summed E-state index contributed by atoms with van der Waals surface area (Å²) in [7, 11) is 3.07. The standard InChI is InChI=1S/C37H47N5O9S/c1-36(2,3)51-35(47)40-23-13-10-8-6-7-9-12-21-19-37(21,34(45)46)41-31(43)26-16-22(20-42(26)33(23)44)50-32-30(29-14-11-15-52-29)38-24-17-27(48-4)28(49-5)18-25(24)39-32/h11,14-15,17-18,21-23,26H,6-10,12-13,16,19-20H2,1-5H3,(H,40,47)(H,41,43)(H,45,46)/t21?,22-,23+,26+,37?/m1/s1. The van der Waals surface area contributed by atoms with Crippen LogP contribution >= 0.6 is 11.3 Å². The zero-order valence-corrected chi connectivity index (χ0v) is 31.0. The summed E-state index contributed by atoms with van der Waals surface area (Å²) in [6.45, 7) is 5.21. The molecule has 1 aromatic carbocycles. The average Bonchev–Trinajstić information content (AvgIpc) is 3.39. The average molecular weight is 738 g/mol. The first-order valence-electron chi connectivity index (χ1n) is 17.8. The number of alkyl carbamates (subject to hydrolysis) is 1. The van der Waals surface area contributed by atoms with E-state index in [1.165, 1.54) is 23.3 Å². The van der Waals surface area contributed by atoms with Crippen molar-refractivity contribution in [1.29, 1.82) is 0 Å². The largest absolute Gasteiger partial charge is 0.493 e. The highest BCUT2D eigenvalue weighted by atomic mass is 32.1. The molecule has 1 aliphatic carbocycles. The Morgan fingerprint density at radius 3 is 2.33 bits per heavy atom. The highest BCUT2D eigenvalue weighted by Gasteiger charge is 2.62. The van der Waals surface area contributed by atoms with Gasteiger partial charge in [-0.3, -0.25) is 9.59 Å². The van der Waals surface area contributed by atoms with Crippen molar-refractivity contribution in [1.82, 2.24) is 25.5 Å². The number of methoxy groups -OCH3 is 2. The molecule has 52 heavy (non-hydrogen) atoms. The number of carbonyl (C=O) groups excluding carboxylic acids is 3. The third-order valence-corrected chi connectivity index (χ3v) is 10.8. The summed E-state index contributed by atoms with van der Waals surface area (Å²) in [6.07, 6.45) is 4.16. The van der Waals surface area contributed by atoms with Gasteiger partial charge in [-0.1, -0.05) is 38.2 Å². The van der Waals surface area contributed by atoms with Gasteiger partial charge in [-0.05, 0) is 57.4 Å². The summed E-state index contributed by atoms with van der Waals surface area (Å²) >= 11 is 1.46. The number of hydrogen-bond acceptors (Lipinski definition) is 11. The second kappa shape index (κ2) is 15.1. The zero-order valence-electron chi connectivity index (χ0n) is 30.2. The van der Waals surface area contributed by atoms with Gasteiger partial charge in [0, 0.05) is 18.6 Å². The molecule has 0 spiro atoms. The van der Waals surface area contributed by atoms with Gasteiger partial charge in [0.15, 0.2) is 11.5 Å². The molecule has 3 N–H and O–H groups in total. The first-order valence-corrected chi connectivity index (χ1v) is 18.7. The van der Waals surface area contributed by atoms with Crippen molar-refractivity contribution in [3.05, 3.63) is 29.6 Å². The number of rotatable bonds is 7. The van der Waals surface area contributed by atoms with Crippen LogP contribution in [0.1, 0.15) is 78.6 Å². The number of carboxylic acid groups (broad SMARTS) is 1. The van der Waals surface area contributed by atoms with E-state index in [2.05, 4.69) is 10.6 Å². The predicted octanol–water partition coefficient (Wildman–Crippen LogP) is 5.32. The molecule has 5 atom stereocenters. The number of nitrogens with zero attached hydrogens (tertiary/aromatic N) is 3. The Labute approximate surface area is 306 Å². The van der Waals surface area contributed by atoms with Crippen molar-refractivity contribution >= 4 is 46.2 Å². The van der Waals surface area contributed by atoms with Crippen LogP contribution in [0.2, 0.25) is 0 Å². The number of hydrogen-bond donors (Lipinski definition) is 3. The molecule has 6 rings (SSSR count). The van der Waals surface area contributed by atoms with E-state index in [-0.39, 0.29) is 24.8 Å². The van der Waals surface area contributed by atoms with Crippen molar-refractivity contribution in [3.63, 3.8) is 0 Å². The van der Waals surface area contributed by atoms with Gasteiger partial charge < -0.3 is 39.6 Å². The summed E-state index contributed by atoms with van der Waals surface area (Å²) in [4.78, 5) is 65.9. The van der Waals surface area contributed by atoms with Crippen molar-refractivity contribution in [2.45, 2.75) is 108 Å². The molecule has 3 amide bonds. The first kappa shape index (κ1) is 37.1. The molecule has 2 saturated heterocycles. The van der Waals surface area contributed by atoms with Crippen molar-refractivity contribution in [2.75, 3.05) is 20.8 Å². The van der Waals surface area contributed by atoms with E-state index in [0.717, 1.165) is 30.6 Å². The molecule has 4 heterocycles. The maximum absolute atomic E-state index is 14.4. The number of thiophene rings is 1. The summed E-state index contributed by atoms with van der Waals surface area (Å²) in [6, 6.07) is 5.19. The first-order chi connectivity index (χ1) is 24.8. The summed E-state index contributed by atoms with van der Waals surface area (Å²) in [5.74, 6) is -1.15. The lowest BCUT2D eigenvalue weighted by molar-refractivity contribution is -0.146. The molecule has 2 aliphatic heterocycles. The Kier molecular flexibility index (Phi) is 10.8. The number of carbonyl (C=O) groups is 4. The lowest BCUT2D eigenvalue weighted by Crippen LogP contribution is -2.56. The van der Waals surface area contributed by atoms with Crippen molar-refractivity contribution in [2.24, 2.45) is 5.92 Å². The number of aromatic nitrogens is 2. The number of amides is 3. The van der Waals surface area contributed by atoms with Gasteiger partial charge in [0.05, 0.1) is 36.7 Å². The van der Waals surface area contributed by atoms with Gasteiger partial charge in [0.2, 0.25) is 17.7 Å². The Morgan fingerprint density at radius 2 is 1.69 bits per heavy atom. The van der Waals surface area contributed by atoms with Crippen molar-refractivity contribution < 1.29 is 43.2 Å². The van der Waals surface area contributed by atoms with Gasteiger partial charge >= 0.3 is 12.1 Å². The molecule has 0 radical (unpaired) electrons. The zero-order chi connectivity index (χ0) is 37.2. The monoisotopic (exact) mass is 737 g/mol. The smallest absolute Gasteiger partial charge is 0.408 e. The number of ether oxygens (including phenoxy) is 4. The molecular formula is C37H47N5O9S. The minimum absolute atomic E-state index is 0.0115. The third kappa shape index (κ3) is 8.03. The van der Waals surface area contributed by atoms with E-state index in [1.54, 1.807) is 40.0 Å². The van der Waals surface area contributed by atoms with Crippen molar-refractivity contribution in [3.8, 4) is 28.0 Å². The number of aliphatic carboxylic acids is 1. The van der Waals surface area contributed by atoms with Gasteiger partial charge in [-0.25, -0.2) is 19.6 Å². The minimum Gasteiger partial charge on any atom is -0.493 e. The molecule has 280 valence electrons. The minimum atomic E-state index is -1.38. The lowest BCUT2D eigenvalue weighted by Gasteiger charge is -2.30. The molecule has 2 unspecified atom stereocenters. The topological polar surface area (TPSA) is 179 Å². The number of fused-ring (bicyclic) bond motifs is 3. The Bertz CT molecular complexity index is 1810. The quantitative estimate of drug-likeness (QED) is 0.286. The molecule has 15 heteroatoms. The number of carboxylic acids is 1. The van der Waals surface area contributed by atoms with Gasteiger partial charge in [0.1, 0.15) is 35.0 Å². The van der Waals surface area contributed by atoms with E-state index in [0.29, 0.717) is 53.9 Å². The van der Waals surface area contributed by atoms with Crippen LogP contribution in [0.4, 0.5) is 4.79 Å². The van der Waals surface area contributed by atoms with Gasteiger partial charge in [-0.15, -0.1) is 11.3 Å². The molecule has 14 nitrogen and oxygen atoms in total. The van der Waals surface area contributed by atoms with Crippen LogP contribution in [0.5, 0.6) is 17.4 Å². The second-order valence-electron chi connectivity index (χ2n) is 14.7. The van der Waals surface area contributed by atoms with Crippen LogP contribution in [-0.2, 0) is 19.1 Å². The fourth-order valence-electron chi connectivity index (χ4n) is 7.18. The summed E-state index contributed by atoms with van der Waals surface area (Å²) < 4.78 is 23.0. The SMILES string of the molecule is COc1cc2nc(O[C@@H]3C[C@H]4C(=O)NC5(C(=O)O)CC5CCCCCCC[C@H](NC(=O)OC(C)(C)C)C(=O)N4C3)c(-c3cccs3)nc2cc1OC. The molecule has 3 fully saturated rings. The Balaban J connectivity index is 1.34. The van der Waals surface area contributed by atoms with Crippen LogP contribution < -0.4 is 24.8 Å². The number of benzene rings is 1. The van der Waals surface area contributed by atoms with Crippen LogP contribution in [0.25, 0.3) is 21.6 Å². The third-order valence-electron chi connectivity index (χ3n) is 9.89. The van der Waals surface area contributed by atoms with Gasteiger partial charge in [0.25, 0.3) is 0 Å². The fourth-order valence-corrected chi connectivity index (χ4v) is 7.89.